The minimum atomic E-state index is -1.57. The normalized spacial score (nSPS) is 18.3. The molecule has 0 saturated carbocycles. The molecule has 0 bridgehead atoms. The molecule has 510 valence electrons. The predicted molar refractivity (Wildman–Crippen MR) is 373 cm³/mol. The first kappa shape index (κ1) is 82.9. The average molecular weight is 1230 g/mol. The molecule has 0 aromatic carbocycles. The minimum absolute atomic E-state index is 0.180. The Morgan fingerprint density at radius 2 is 0.690 bits per heavy atom. The number of nitrogens with one attached hydrogen (secondary N) is 1. The van der Waals surface area contributed by atoms with E-state index in [1.807, 2.05) is 6.08 Å². The SMILES string of the molecule is CCCCCCC/C=C\C/C=C\C/C=C\CCCCCCCCCCCCCCCCCCCCCCCCCCC(=O)NC(COC1OC(CO)C(O)C(O)C1O)C(O)/C=C/CC/C=C/CCCCCCCCCCCCCCCCCCCCC. The van der Waals surface area contributed by atoms with E-state index in [1.165, 1.54) is 302 Å². The summed E-state index contributed by atoms with van der Waals surface area (Å²) in [7, 11) is 0. The van der Waals surface area contributed by atoms with Gasteiger partial charge in [0.25, 0.3) is 0 Å². The van der Waals surface area contributed by atoms with Crippen LogP contribution in [0.2, 0.25) is 0 Å². The number of hydrogen-bond acceptors (Lipinski definition) is 8. The summed E-state index contributed by atoms with van der Waals surface area (Å²) < 4.78 is 11.3. The van der Waals surface area contributed by atoms with Crippen molar-refractivity contribution in [2.45, 2.75) is 416 Å². The number of amides is 1. The smallest absolute Gasteiger partial charge is 0.220 e. The zero-order chi connectivity index (χ0) is 62.8. The van der Waals surface area contributed by atoms with Gasteiger partial charge in [0.2, 0.25) is 5.91 Å². The first-order chi connectivity index (χ1) is 42.8. The van der Waals surface area contributed by atoms with E-state index >= 15 is 0 Å². The molecular weight excluding hydrogens is 1080 g/mol. The second-order valence-corrected chi connectivity index (χ2v) is 26.4. The average Bonchev–Trinajstić information content (AvgIpc) is 3.38. The van der Waals surface area contributed by atoms with Gasteiger partial charge >= 0.3 is 0 Å². The Morgan fingerprint density at radius 1 is 0.391 bits per heavy atom. The fourth-order valence-corrected chi connectivity index (χ4v) is 12.1. The van der Waals surface area contributed by atoms with Crippen LogP contribution in [-0.4, -0.2) is 87.5 Å². The van der Waals surface area contributed by atoms with Gasteiger partial charge in [-0.1, -0.05) is 357 Å². The molecule has 1 aliphatic rings. The second kappa shape index (κ2) is 66.8. The van der Waals surface area contributed by atoms with Gasteiger partial charge in [-0.15, -0.1) is 0 Å². The van der Waals surface area contributed by atoms with Crippen molar-refractivity contribution in [2.75, 3.05) is 13.2 Å². The molecule has 1 amide bonds. The Bertz CT molecular complexity index is 1560. The maximum absolute atomic E-state index is 13.1. The molecule has 1 saturated heterocycles. The highest BCUT2D eigenvalue weighted by molar-refractivity contribution is 5.76. The Labute approximate surface area is 538 Å². The van der Waals surface area contributed by atoms with E-state index in [-0.39, 0.29) is 12.5 Å². The topological polar surface area (TPSA) is 149 Å². The summed E-state index contributed by atoms with van der Waals surface area (Å²) in [6, 6.07) is -0.823. The highest BCUT2D eigenvalue weighted by Crippen LogP contribution is 2.24. The summed E-state index contributed by atoms with van der Waals surface area (Å²) >= 11 is 0. The monoisotopic (exact) mass is 1220 g/mol. The summed E-state index contributed by atoms with van der Waals surface area (Å²) in [5.74, 6) is -0.180. The number of aliphatic hydroxyl groups is 5. The van der Waals surface area contributed by atoms with Crippen LogP contribution in [0.15, 0.2) is 60.8 Å². The van der Waals surface area contributed by atoms with Gasteiger partial charge in [-0.05, 0) is 70.6 Å². The lowest BCUT2D eigenvalue weighted by Crippen LogP contribution is -2.60. The molecular formula is C78H145NO8. The number of carbonyl (C=O) groups excluding carboxylic acids is 1. The van der Waals surface area contributed by atoms with Crippen LogP contribution in [0.1, 0.15) is 373 Å². The van der Waals surface area contributed by atoms with Crippen LogP contribution in [0.25, 0.3) is 0 Å². The van der Waals surface area contributed by atoms with E-state index in [1.54, 1.807) is 6.08 Å². The summed E-state index contributed by atoms with van der Waals surface area (Å²) in [4.78, 5) is 13.1. The molecule has 0 aromatic rings. The van der Waals surface area contributed by atoms with E-state index in [0.717, 1.165) is 51.4 Å². The molecule has 1 aliphatic heterocycles. The van der Waals surface area contributed by atoms with Crippen LogP contribution in [0.3, 0.4) is 0 Å². The minimum Gasteiger partial charge on any atom is -0.394 e. The first-order valence-corrected chi connectivity index (χ1v) is 38.0. The van der Waals surface area contributed by atoms with Gasteiger partial charge in [-0.2, -0.15) is 0 Å². The van der Waals surface area contributed by atoms with Crippen molar-refractivity contribution in [1.82, 2.24) is 5.32 Å². The quantitative estimate of drug-likeness (QED) is 0.0261. The van der Waals surface area contributed by atoms with Gasteiger partial charge in [0.15, 0.2) is 6.29 Å². The summed E-state index contributed by atoms with van der Waals surface area (Å²) in [6.45, 7) is 3.80. The number of aliphatic hydroxyl groups excluding tert-OH is 5. The van der Waals surface area contributed by atoms with E-state index in [0.29, 0.717) is 6.42 Å². The molecule has 0 aromatic heterocycles. The Balaban J connectivity index is 2.08. The fraction of sp³-hybridized carbons (Fsp3) is 0.859. The molecule has 1 fully saturated rings. The third-order valence-corrected chi connectivity index (χ3v) is 18.1. The van der Waals surface area contributed by atoms with Gasteiger partial charge in [-0.25, -0.2) is 0 Å². The Hall–Kier alpha value is -2.11. The van der Waals surface area contributed by atoms with Crippen LogP contribution in [0.5, 0.6) is 0 Å². The number of carbonyl (C=O) groups is 1. The number of ether oxygens (including phenoxy) is 2. The largest absolute Gasteiger partial charge is 0.394 e. The zero-order valence-electron chi connectivity index (χ0n) is 57.3. The van der Waals surface area contributed by atoms with Crippen molar-refractivity contribution in [3.63, 3.8) is 0 Å². The lowest BCUT2D eigenvalue weighted by atomic mass is 9.99. The lowest BCUT2D eigenvalue weighted by Gasteiger charge is -2.40. The zero-order valence-corrected chi connectivity index (χ0v) is 57.3. The summed E-state index contributed by atoms with van der Waals surface area (Å²) in [5, 5.41) is 54.8. The standard InChI is InChI=1S/C78H145NO8/c1-3-5-7-9-11-13-15-17-19-21-23-25-27-29-30-31-32-33-34-35-36-37-38-39-40-41-42-44-46-48-50-52-54-56-58-60-62-64-66-68-74(82)79-71(70-86-78-77(85)76(84)75(83)73(69-80)87-78)72(81)67-65-63-61-59-57-55-53-51-49-47-45-43-28-26-24-22-20-18-16-14-12-10-8-6-4-2/h15,17,21,23,27,29,57,59,65,67,71-73,75-78,80-81,83-85H,3-14,16,18-20,22,24-26,28,30-56,58,60-64,66,68-70H2,1-2H3,(H,79,82)/b17-15-,23-21-,29-27-,59-57+,67-65+. The molecule has 1 rings (SSSR count). The number of rotatable bonds is 67. The van der Waals surface area contributed by atoms with E-state index in [2.05, 4.69) is 67.8 Å². The van der Waals surface area contributed by atoms with E-state index in [4.69, 9.17) is 9.47 Å². The molecule has 0 radical (unpaired) electrons. The van der Waals surface area contributed by atoms with E-state index < -0.39 is 49.5 Å². The highest BCUT2D eigenvalue weighted by Gasteiger charge is 2.44. The van der Waals surface area contributed by atoms with Gasteiger partial charge in [0.1, 0.15) is 24.4 Å². The van der Waals surface area contributed by atoms with Gasteiger partial charge in [-0.3, -0.25) is 4.79 Å². The van der Waals surface area contributed by atoms with Crippen molar-refractivity contribution in [3.8, 4) is 0 Å². The van der Waals surface area contributed by atoms with E-state index in [9.17, 15) is 30.3 Å². The number of hydrogen-bond donors (Lipinski definition) is 6. The van der Waals surface area contributed by atoms with Gasteiger partial charge in [0.05, 0.1) is 25.4 Å². The number of unbranched alkanes of at least 4 members (excludes halogenated alkanes) is 49. The maximum atomic E-state index is 13.1. The third-order valence-electron chi connectivity index (χ3n) is 18.1. The molecule has 9 heteroatoms. The number of allylic oxidation sites excluding steroid dienone is 9. The molecule has 1 heterocycles. The molecule has 0 aliphatic carbocycles. The van der Waals surface area contributed by atoms with Crippen LogP contribution < -0.4 is 5.32 Å². The van der Waals surface area contributed by atoms with Crippen LogP contribution in [-0.2, 0) is 14.3 Å². The van der Waals surface area contributed by atoms with Crippen LogP contribution in [0.4, 0.5) is 0 Å². The second-order valence-electron chi connectivity index (χ2n) is 26.4. The molecule has 9 nitrogen and oxygen atoms in total. The molecule has 7 atom stereocenters. The van der Waals surface area contributed by atoms with Crippen molar-refractivity contribution in [3.05, 3.63) is 60.8 Å². The van der Waals surface area contributed by atoms with Crippen molar-refractivity contribution in [1.29, 1.82) is 0 Å². The van der Waals surface area contributed by atoms with Crippen molar-refractivity contribution >= 4 is 5.91 Å². The summed E-state index contributed by atoms with van der Waals surface area (Å²) in [6.07, 6.45) is 86.4. The Morgan fingerprint density at radius 3 is 1.05 bits per heavy atom. The van der Waals surface area contributed by atoms with Crippen LogP contribution >= 0.6 is 0 Å². The van der Waals surface area contributed by atoms with Crippen molar-refractivity contribution in [2.24, 2.45) is 0 Å². The van der Waals surface area contributed by atoms with Gasteiger partial charge < -0.3 is 40.3 Å². The molecule has 6 N–H and O–H groups in total. The predicted octanol–water partition coefficient (Wildman–Crippen LogP) is 21.3. The lowest BCUT2D eigenvalue weighted by molar-refractivity contribution is -0.302. The maximum Gasteiger partial charge on any atom is 0.220 e. The highest BCUT2D eigenvalue weighted by atomic mass is 16.7. The molecule has 87 heavy (non-hydrogen) atoms. The van der Waals surface area contributed by atoms with Gasteiger partial charge in [0, 0.05) is 6.42 Å². The molecule has 0 spiro atoms. The Kier molecular flexibility index (Phi) is 63.7. The summed E-state index contributed by atoms with van der Waals surface area (Å²) in [5.41, 5.74) is 0. The fourth-order valence-electron chi connectivity index (χ4n) is 12.1. The van der Waals surface area contributed by atoms with Crippen molar-refractivity contribution < 1.29 is 39.8 Å². The third kappa shape index (κ3) is 55.3. The first-order valence-electron chi connectivity index (χ1n) is 38.0. The molecule has 7 unspecified atom stereocenters. The van der Waals surface area contributed by atoms with Crippen LogP contribution in [0, 0.1) is 0 Å².